The number of hydrogen-bond donors (Lipinski definition) is 3. The minimum Gasteiger partial charge on any atom is -0.375 e. The number of amides is 2. The molecular formula is C18H28ClN3O3. The lowest BCUT2D eigenvalue weighted by Crippen LogP contribution is -2.55. The number of ether oxygens (including phenoxy) is 1. The summed E-state index contributed by atoms with van der Waals surface area (Å²) in [6.07, 6.45) is 0.354. The zero-order chi connectivity index (χ0) is 17.5. The summed E-state index contributed by atoms with van der Waals surface area (Å²) in [5, 5.41) is 8.97. The SMILES string of the molecule is CC(C)CC(=O)Nc1cccc(CNC(=O)[C@H]2NCCO[C@@H]2C)c1.Cl. The molecule has 0 aromatic heterocycles. The van der Waals surface area contributed by atoms with E-state index in [1.807, 2.05) is 45.0 Å². The molecule has 1 aromatic carbocycles. The molecule has 0 saturated carbocycles. The number of morpholine rings is 1. The van der Waals surface area contributed by atoms with Gasteiger partial charge in [0.15, 0.2) is 0 Å². The highest BCUT2D eigenvalue weighted by atomic mass is 35.5. The predicted octanol–water partition coefficient (Wildman–Crippen LogP) is 2.09. The van der Waals surface area contributed by atoms with Crippen molar-refractivity contribution in [3.8, 4) is 0 Å². The summed E-state index contributed by atoms with van der Waals surface area (Å²) < 4.78 is 5.49. The Kier molecular flexibility index (Phi) is 8.89. The molecule has 0 radical (unpaired) electrons. The Morgan fingerprint density at radius 3 is 2.80 bits per heavy atom. The van der Waals surface area contributed by atoms with Crippen LogP contribution in [-0.2, 0) is 20.9 Å². The van der Waals surface area contributed by atoms with Gasteiger partial charge in [-0.1, -0.05) is 26.0 Å². The number of anilines is 1. The highest BCUT2D eigenvalue weighted by Gasteiger charge is 2.27. The van der Waals surface area contributed by atoms with Crippen LogP contribution >= 0.6 is 12.4 Å². The Bertz CT molecular complexity index is 580. The molecule has 0 bridgehead atoms. The molecule has 1 aliphatic heterocycles. The zero-order valence-corrected chi connectivity index (χ0v) is 15.8. The minimum atomic E-state index is -0.326. The summed E-state index contributed by atoms with van der Waals surface area (Å²) in [5.41, 5.74) is 1.69. The normalized spacial score (nSPS) is 19.8. The summed E-state index contributed by atoms with van der Waals surface area (Å²) >= 11 is 0. The van der Waals surface area contributed by atoms with E-state index in [2.05, 4.69) is 16.0 Å². The maximum atomic E-state index is 12.2. The average Bonchev–Trinajstić information content (AvgIpc) is 2.52. The topological polar surface area (TPSA) is 79.5 Å². The van der Waals surface area contributed by atoms with Gasteiger partial charge in [-0.2, -0.15) is 0 Å². The molecule has 1 aliphatic rings. The van der Waals surface area contributed by atoms with Gasteiger partial charge < -0.3 is 20.7 Å². The van der Waals surface area contributed by atoms with Gasteiger partial charge in [-0.05, 0) is 30.5 Å². The number of benzene rings is 1. The van der Waals surface area contributed by atoms with Gasteiger partial charge in [0.25, 0.3) is 0 Å². The highest BCUT2D eigenvalue weighted by molar-refractivity contribution is 5.90. The molecule has 25 heavy (non-hydrogen) atoms. The van der Waals surface area contributed by atoms with Gasteiger partial charge in [-0.25, -0.2) is 0 Å². The first-order chi connectivity index (χ1) is 11.5. The Morgan fingerprint density at radius 1 is 1.36 bits per heavy atom. The van der Waals surface area contributed by atoms with E-state index in [1.165, 1.54) is 0 Å². The fourth-order valence-corrected chi connectivity index (χ4v) is 2.67. The van der Waals surface area contributed by atoms with Crippen molar-refractivity contribution in [1.29, 1.82) is 0 Å². The van der Waals surface area contributed by atoms with E-state index in [9.17, 15) is 9.59 Å². The van der Waals surface area contributed by atoms with E-state index in [4.69, 9.17) is 4.74 Å². The Morgan fingerprint density at radius 2 is 2.12 bits per heavy atom. The lowest BCUT2D eigenvalue weighted by atomic mass is 10.1. The summed E-state index contributed by atoms with van der Waals surface area (Å²) in [6.45, 7) is 7.63. The van der Waals surface area contributed by atoms with E-state index < -0.39 is 0 Å². The number of carbonyl (C=O) groups excluding carboxylic acids is 2. The van der Waals surface area contributed by atoms with Gasteiger partial charge in [0.05, 0.1) is 12.7 Å². The third-order valence-electron chi connectivity index (χ3n) is 3.87. The predicted molar refractivity (Wildman–Crippen MR) is 101 cm³/mol. The van der Waals surface area contributed by atoms with Crippen molar-refractivity contribution in [2.24, 2.45) is 5.92 Å². The quantitative estimate of drug-likeness (QED) is 0.717. The van der Waals surface area contributed by atoms with Gasteiger partial charge in [-0.3, -0.25) is 9.59 Å². The van der Waals surface area contributed by atoms with Gasteiger partial charge in [-0.15, -0.1) is 12.4 Å². The maximum absolute atomic E-state index is 12.2. The number of rotatable bonds is 6. The summed E-state index contributed by atoms with van der Waals surface area (Å²) in [5.74, 6) is 0.250. The molecule has 3 N–H and O–H groups in total. The molecular weight excluding hydrogens is 342 g/mol. The molecule has 1 fully saturated rings. The molecule has 2 rings (SSSR count). The smallest absolute Gasteiger partial charge is 0.240 e. The van der Waals surface area contributed by atoms with Gasteiger partial charge >= 0.3 is 0 Å². The fourth-order valence-electron chi connectivity index (χ4n) is 2.67. The first-order valence-corrected chi connectivity index (χ1v) is 8.47. The van der Waals surface area contributed by atoms with E-state index in [-0.39, 0.29) is 36.4 Å². The van der Waals surface area contributed by atoms with E-state index >= 15 is 0 Å². The molecule has 2 atom stereocenters. The Hall–Kier alpha value is -1.63. The first-order valence-electron chi connectivity index (χ1n) is 8.47. The molecule has 0 aliphatic carbocycles. The number of nitrogens with one attached hydrogen (secondary N) is 3. The lowest BCUT2D eigenvalue weighted by molar-refractivity contribution is -0.129. The summed E-state index contributed by atoms with van der Waals surface area (Å²) in [6, 6.07) is 7.20. The van der Waals surface area contributed by atoms with Crippen molar-refractivity contribution in [2.45, 2.75) is 45.9 Å². The van der Waals surface area contributed by atoms with Crippen LogP contribution in [0.2, 0.25) is 0 Å². The van der Waals surface area contributed by atoms with Crippen molar-refractivity contribution >= 4 is 29.9 Å². The van der Waals surface area contributed by atoms with Crippen molar-refractivity contribution < 1.29 is 14.3 Å². The van der Waals surface area contributed by atoms with Crippen LogP contribution < -0.4 is 16.0 Å². The summed E-state index contributed by atoms with van der Waals surface area (Å²) in [4.78, 5) is 24.1. The molecule has 6 nitrogen and oxygen atoms in total. The van der Waals surface area contributed by atoms with Crippen LogP contribution in [0.25, 0.3) is 0 Å². The van der Waals surface area contributed by atoms with Crippen molar-refractivity contribution in [3.63, 3.8) is 0 Å². The highest BCUT2D eigenvalue weighted by Crippen LogP contribution is 2.12. The fraction of sp³-hybridized carbons (Fsp3) is 0.556. The molecule has 2 amide bonds. The molecule has 1 aromatic rings. The van der Waals surface area contributed by atoms with Crippen LogP contribution in [0.3, 0.4) is 0 Å². The Labute approximate surface area is 155 Å². The van der Waals surface area contributed by atoms with Crippen LogP contribution in [0.1, 0.15) is 32.8 Å². The Balaban J connectivity index is 0.00000312. The summed E-state index contributed by atoms with van der Waals surface area (Å²) in [7, 11) is 0. The van der Waals surface area contributed by atoms with Crippen LogP contribution in [0.5, 0.6) is 0 Å². The first kappa shape index (κ1) is 21.4. The third kappa shape index (κ3) is 7.02. The molecule has 1 heterocycles. The molecule has 0 spiro atoms. The molecule has 7 heteroatoms. The molecule has 0 unspecified atom stereocenters. The van der Waals surface area contributed by atoms with E-state index in [0.29, 0.717) is 32.0 Å². The zero-order valence-electron chi connectivity index (χ0n) is 15.0. The van der Waals surface area contributed by atoms with Crippen LogP contribution in [0, 0.1) is 5.92 Å². The third-order valence-corrected chi connectivity index (χ3v) is 3.87. The van der Waals surface area contributed by atoms with Crippen molar-refractivity contribution in [1.82, 2.24) is 10.6 Å². The van der Waals surface area contributed by atoms with E-state index in [0.717, 1.165) is 11.3 Å². The largest absolute Gasteiger partial charge is 0.375 e. The minimum absolute atomic E-state index is 0. The second-order valence-electron chi connectivity index (χ2n) is 6.57. The van der Waals surface area contributed by atoms with Crippen LogP contribution in [-0.4, -0.2) is 37.1 Å². The average molecular weight is 370 g/mol. The maximum Gasteiger partial charge on any atom is 0.240 e. The second kappa shape index (κ2) is 10.4. The van der Waals surface area contributed by atoms with Gasteiger partial charge in [0.1, 0.15) is 6.04 Å². The second-order valence-corrected chi connectivity index (χ2v) is 6.57. The van der Waals surface area contributed by atoms with E-state index in [1.54, 1.807) is 0 Å². The van der Waals surface area contributed by atoms with Gasteiger partial charge in [0.2, 0.25) is 11.8 Å². The van der Waals surface area contributed by atoms with Crippen LogP contribution in [0.15, 0.2) is 24.3 Å². The standard InChI is InChI=1S/C18H27N3O3.ClH/c1-12(2)9-16(22)21-15-6-4-5-14(10-15)11-20-18(23)17-13(3)24-8-7-19-17;/h4-6,10,12-13,17,19H,7-9,11H2,1-3H3,(H,20,23)(H,21,22);1H/t13-,17+;/m1./s1. The number of hydrogen-bond acceptors (Lipinski definition) is 4. The monoisotopic (exact) mass is 369 g/mol. The van der Waals surface area contributed by atoms with Crippen molar-refractivity contribution in [2.75, 3.05) is 18.5 Å². The molecule has 140 valence electrons. The van der Waals surface area contributed by atoms with Crippen molar-refractivity contribution in [3.05, 3.63) is 29.8 Å². The lowest BCUT2D eigenvalue weighted by Gasteiger charge is -2.29. The number of carbonyl (C=O) groups is 2. The molecule has 1 saturated heterocycles. The van der Waals surface area contributed by atoms with Crippen LogP contribution in [0.4, 0.5) is 5.69 Å². The van der Waals surface area contributed by atoms with Gasteiger partial charge in [0, 0.05) is 25.2 Å². The number of halogens is 1.